The predicted octanol–water partition coefficient (Wildman–Crippen LogP) is 0.418. The first-order chi connectivity index (χ1) is 6.59. The van der Waals surface area contributed by atoms with Crippen molar-refractivity contribution in [1.29, 1.82) is 0 Å². The van der Waals surface area contributed by atoms with Crippen LogP contribution in [0.25, 0.3) is 0 Å². The van der Waals surface area contributed by atoms with Gasteiger partial charge < -0.3 is 9.64 Å². The maximum absolute atomic E-state index is 11.3. The van der Waals surface area contributed by atoms with E-state index in [9.17, 15) is 9.59 Å². The lowest BCUT2D eigenvalue weighted by Gasteiger charge is -2.13. The molecule has 2 unspecified atom stereocenters. The molecule has 2 atom stereocenters. The molecule has 1 heterocycles. The number of nitrogens with zero attached hydrogens (tertiary/aromatic N) is 1. The predicted molar refractivity (Wildman–Crippen MR) is 49.4 cm³/mol. The van der Waals surface area contributed by atoms with Crippen LogP contribution in [0.5, 0.6) is 0 Å². The van der Waals surface area contributed by atoms with Gasteiger partial charge in [-0.2, -0.15) is 0 Å². The molecule has 2 fully saturated rings. The number of hydrogen-bond donors (Lipinski definition) is 0. The molecule has 1 aliphatic carbocycles. The summed E-state index contributed by atoms with van der Waals surface area (Å²) < 4.78 is 4.71. The van der Waals surface area contributed by atoms with Gasteiger partial charge in [0.1, 0.15) is 0 Å². The Morgan fingerprint density at radius 1 is 1.50 bits per heavy atom. The Labute approximate surface area is 83.2 Å². The van der Waals surface area contributed by atoms with Gasteiger partial charge in [0.25, 0.3) is 0 Å². The third kappa shape index (κ3) is 1.29. The van der Waals surface area contributed by atoms with Crippen molar-refractivity contribution in [3.63, 3.8) is 0 Å². The van der Waals surface area contributed by atoms with Gasteiger partial charge in [-0.25, -0.2) is 0 Å². The normalized spacial score (nSPS) is 34.7. The second-order valence-corrected chi connectivity index (χ2v) is 4.33. The van der Waals surface area contributed by atoms with Crippen molar-refractivity contribution in [2.45, 2.75) is 19.8 Å². The molecule has 1 amide bonds. The van der Waals surface area contributed by atoms with Gasteiger partial charge >= 0.3 is 5.97 Å². The zero-order valence-corrected chi connectivity index (χ0v) is 8.58. The van der Waals surface area contributed by atoms with Crippen LogP contribution in [0.1, 0.15) is 19.8 Å². The Balaban J connectivity index is 1.97. The monoisotopic (exact) mass is 197 g/mol. The third-order valence-corrected chi connectivity index (χ3v) is 3.51. The van der Waals surface area contributed by atoms with Gasteiger partial charge in [-0.1, -0.05) is 0 Å². The van der Waals surface area contributed by atoms with Gasteiger partial charge in [0.05, 0.1) is 13.0 Å². The average molecular weight is 197 g/mol. The standard InChI is InChI=1S/C10H15NO3/c1-7(12)11-4-3-10(6-11)5-8(10)9(13)14-2/h8H,3-6H2,1-2H3. The van der Waals surface area contributed by atoms with E-state index in [4.69, 9.17) is 4.74 Å². The Hall–Kier alpha value is -1.06. The van der Waals surface area contributed by atoms with Gasteiger partial charge in [0.2, 0.25) is 5.91 Å². The van der Waals surface area contributed by atoms with E-state index in [-0.39, 0.29) is 23.2 Å². The quantitative estimate of drug-likeness (QED) is 0.572. The maximum atomic E-state index is 11.3. The van der Waals surface area contributed by atoms with Crippen molar-refractivity contribution in [2.75, 3.05) is 20.2 Å². The van der Waals surface area contributed by atoms with Crippen molar-refractivity contribution in [1.82, 2.24) is 4.90 Å². The van der Waals surface area contributed by atoms with Crippen molar-refractivity contribution < 1.29 is 14.3 Å². The smallest absolute Gasteiger partial charge is 0.309 e. The Morgan fingerprint density at radius 2 is 2.21 bits per heavy atom. The van der Waals surface area contributed by atoms with Gasteiger partial charge in [-0.15, -0.1) is 0 Å². The molecule has 4 heteroatoms. The molecule has 0 N–H and O–H groups in total. The summed E-state index contributed by atoms with van der Waals surface area (Å²) in [6.07, 6.45) is 1.84. The van der Waals surface area contributed by atoms with E-state index in [0.717, 1.165) is 25.9 Å². The van der Waals surface area contributed by atoms with E-state index in [1.54, 1.807) is 6.92 Å². The Morgan fingerprint density at radius 3 is 2.71 bits per heavy atom. The van der Waals surface area contributed by atoms with Crippen molar-refractivity contribution in [2.24, 2.45) is 11.3 Å². The molecule has 2 rings (SSSR count). The van der Waals surface area contributed by atoms with Crippen LogP contribution in [-0.4, -0.2) is 37.0 Å². The van der Waals surface area contributed by atoms with Gasteiger partial charge in [-0.3, -0.25) is 9.59 Å². The van der Waals surface area contributed by atoms with E-state index in [1.807, 2.05) is 4.90 Å². The second kappa shape index (κ2) is 2.97. The summed E-state index contributed by atoms with van der Waals surface area (Å²) in [5, 5.41) is 0. The van der Waals surface area contributed by atoms with Gasteiger partial charge in [0, 0.05) is 25.4 Å². The fraction of sp³-hybridized carbons (Fsp3) is 0.800. The molecule has 0 aromatic rings. The summed E-state index contributed by atoms with van der Waals surface area (Å²) in [5.74, 6) is 0.0321. The first-order valence-corrected chi connectivity index (χ1v) is 4.92. The number of carbonyl (C=O) groups excluding carboxylic acids is 2. The summed E-state index contributed by atoms with van der Waals surface area (Å²) >= 11 is 0. The molecular weight excluding hydrogens is 182 g/mol. The van der Waals surface area contributed by atoms with Crippen molar-refractivity contribution in [3.8, 4) is 0 Å². The third-order valence-electron chi connectivity index (χ3n) is 3.51. The minimum Gasteiger partial charge on any atom is -0.469 e. The van der Waals surface area contributed by atoms with Crippen LogP contribution < -0.4 is 0 Å². The summed E-state index contributed by atoms with van der Waals surface area (Å²) in [6.45, 7) is 3.11. The lowest BCUT2D eigenvalue weighted by atomic mass is 10.0. The fourth-order valence-corrected chi connectivity index (χ4v) is 2.44. The number of esters is 1. The molecule has 14 heavy (non-hydrogen) atoms. The summed E-state index contributed by atoms with van der Waals surface area (Å²) in [7, 11) is 1.42. The van der Waals surface area contributed by atoms with Crippen LogP contribution in [0.4, 0.5) is 0 Å². The number of methoxy groups -OCH3 is 1. The maximum Gasteiger partial charge on any atom is 0.309 e. The van der Waals surface area contributed by atoms with Crippen LogP contribution in [0.3, 0.4) is 0 Å². The molecule has 2 aliphatic rings. The highest BCUT2D eigenvalue weighted by Crippen LogP contribution is 2.58. The molecule has 0 bridgehead atoms. The summed E-state index contributed by atoms with van der Waals surface area (Å²) in [5.41, 5.74) is 0.0682. The minimum absolute atomic E-state index is 0.0387. The van der Waals surface area contributed by atoms with E-state index in [1.165, 1.54) is 7.11 Å². The summed E-state index contributed by atoms with van der Waals surface area (Å²) in [6, 6.07) is 0. The van der Waals surface area contributed by atoms with Crippen LogP contribution in [0.2, 0.25) is 0 Å². The van der Waals surface area contributed by atoms with Crippen LogP contribution in [0.15, 0.2) is 0 Å². The first-order valence-electron chi connectivity index (χ1n) is 4.92. The van der Waals surface area contributed by atoms with Crippen molar-refractivity contribution in [3.05, 3.63) is 0 Å². The lowest BCUT2D eigenvalue weighted by Crippen LogP contribution is -2.27. The van der Waals surface area contributed by atoms with Crippen LogP contribution in [-0.2, 0) is 14.3 Å². The molecule has 4 nitrogen and oxygen atoms in total. The second-order valence-electron chi connectivity index (χ2n) is 4.33. The summed E-state index contributed by atoms with van der Waals surface area (Å²) in [4.78, 5) is 24.2. The van der Waals surface area contributed by atoms with E-state index in [2.05, 4.69) is 0 Å². The van der Waals surface area contributed by atoms with Gasteiger partial charge in [0.15, 0.2) is 0 Å². The average Bonchev–Trinajstić information content (AvgIpc) is 2.65. The molecule has 1 saturated carbocycles. The SMILES string of the molecule is COC(=O)C1CC12CCN(C(C)=O)C2. The highest BCUT2D eigenvalue weighted by molar-refractivity contribution is 5.78. The zero-order valence-electron chi connectivity index (χ0n) is 8.58. The van der Waals surface area contributed by atoms with Gasteiger partial charge in [-0.05, 0) is 12.8 Å². The molecule has 1 aliphatic heterocycles. The number of ether oxygens (including phenoxy) is 1. The molecule has 1 saturated heterocycles. The lowest BCUT2D eigenvalue weighted by molar-refractivity contribution is -0.143. The molecule has 0 aromatic heterocycles. The van der Waals surface area contributed by atoms with Crippen LogP contribution in [0, 0.1) is 11.3 Å². The Bertz CT molecular complexity index is 289. The highest BCUT2D eigenvalue weighted by Gasteiger charge is 2.61. The zero-order chi connectivity index (χ0) is 10.3. The molecule has 0 aromatic carbocycles. The molecule has 1 spiro atoms. The topological polar surface area (TPSA) is 46.6 Å². The number of carbonyl (C=O) groups is 2. The molecule has 78 valence electrons. The fourth-order valence-electron chi connectivity index (χ4n) is 2.44. The van der Waals surface area contributed by atoms with Crippen molar-refractivity contribution >= 4 is 11.9 Å². The van der Waals surface area contributed by atoms with E-state index < -0.39 is 0 Å². The largest absolute Gasteiger partial charge is 0.469 e. The van der Waals surface area contributed by atoms with E-state index >= 15 is 0 Å². The Kier molecular flexibility index (Phi) is 2.01. The number of likely N-dealkylation sites (tertiary alicyclic amines) is 1. The molecule has 0 radical (unpaired) electrons. The number of amides is 1. The number of hydrogen-bond acceptors (Lipinski definition) is 3. The van der Waals surface area contributed by atoms with Crippen LogP contribution >= 0.6 is 0 Å². The number of rotatable bonds is 1. The molecular formula is C10H15NO3. The highest BCUT2D eigenvalue weighted by atomic mass is 16.5. The minimum atomic E-state index is -0.115. The van der Waals surface area contributed by atoms with E-state index in [0.29, 0.717) is 0 Å². The first kappa shape index (κ1) is 9.49.